The van der Waals surface area contributed by atoms with Crippen LogP contribution < -0.4 is 4.74 Å². The fourth-order valence-electron chi connectivity index (χ4n) is 2.99. The van der Waals surface area contributed by atoms with E-state index in [-0.39, 0.29) is 5.97 Å². The first-order chi connectivity index (χ1) is 14.2. The fraction of sp³-hybridized carbons (Fsp3) is 0.280. The van der Waals surface area contributed by atoms with Crippen molar-refractivity contribution in [1.82, 2.24) is 4.98 Å². The Morgan fingerprint density at radius 3 is 2.28 bits per heavy atom. The zero-order chi connectivity index (χ0) is 20.5. The van der Waals surface area contributed by atoms with Gasteiger partial charge in [0.05, 0.1) is 0 Å². The average Bonchev–Trinajstić information content (AvgIpc) is 3.22. The summed E-state index contributed by atoms with van der Waals surface area (Å²) in [4.78, 5) is 17.6. The topological polar surface area (TPSA) is 39.2 Å². The Bertz CT molecular complexity index is 940. The van der Waals surface area contributed by atoms with Crippen molar-refractivity contribution in [2.75, 3.05) is 0 Å². The fourth-order valence-corrected chi connectivity index (χ4v) is 3.95. The number of rotatable bonds is 9. The number of aryl methyl sites for hydroxylation is 1. The molecule has 150 valence electrons. The van der Waals surface area contributed by atoms with Crippen molar-refractivity contribution < 1.29 is 9.53 Å². The molecule has 0 saturated heterocycles. The minimum absolute atomic E-state index is 0.346. The van der Waals surface area contributed by atoms with Crippen LogP contribution in [0, 0.1) is 0 Å². The molecule has 0 amide bonds. The van der Waals surface area contributed by atoms with Gasteiger partial charge >= 0.3 is 5.97 Å². The van der Waals surface area contributed by atoms with Crippen molar-refractivity contribution in [3.05, 3.63) is 71.8 Å². The molecule has 2 aromatic carbocycles. The van der Waals surface area contributed by atoms with Crippen molar-refractivity contribution in [2.24, 2.45) is 0 Å². The maximum Gasteiger partial charge on any atom is 0.335 e. The molecule has 0 bridgehead atoms. The standard InChI is InChI=1S/C25H27NO2S/c1-3-5-7-8-23-18-26-25(29-23)21-12-10-19(11-13-21)20-14-16-22(17-15-20)28-24(27)9-6-4-2/h6,9-18H,3-5,7-8H2,1-2H3. The molecule has 0 radical (unpaired) electrons. The molecule has 4 heteroatoms. The summed E-state index contributed by atoms with van der Waals surface area (Å²) < 4.78 is 5.29. The lowest BCUT2D eigenvalue weighted by atomic mass is 10.0. The highest BCUT2D eigenvalue weighted by molar-refractivity contribution is 7.15. The third-order valence-electron chi connectivity index (χ3n) is 4.61. The van der Waals surface area contributed by atoms with Crippen LogP contribution in [0.25, 0.3) is 21.7 Å². The van der Waals surface area contributed by atoms with E-state index in [4.69, 9.17) is 4.74 Å². The summed E-state index contributed by atoms with van der Waals surface area (Å²) in [6, 6.07) is 16.0. The number of carbonyl (C=O) groups excluding carboxylic acids is 1. The number of unbranched alkanes of at least 4 members (excludes halogenated alkanes) is 2. The number of esters is 1. The molecule has 0 aliphatic heterocycles. The predicted octanol–water partition coefficient (Wildman–Crippen LogP) is 7.08. The van der Waals surface area contributed by atoms with Crippen molar-refractivity contribution in [2.45, 2.75) is 46.0 Å². The molecule has 1 aromatic heterocycles. The number of nitrogens with zero attached hydrogens (tertiary/aromatic N) is 1. The summed E-state index contributed by atoms with van der Waals surface area (Å²) in [7, 11) is 0. The second kappa shape index (κ2) is 10.7. The van der Waals surface area contributed by atoms with Crippen LogP contribution in [-0.4, -0.2) is 11.0 Å². The maximum atomic E-state index is 11.7. The van der Waals surface area contributed by atoms with E-state index >= 15 is 0 Å². The van der Waals surface area contributed by atoms with Crippen LogP contribution in [0.15, 0.2) is 66.9 Å². The average molecular weight is 406 g/mol. The Morgan fingerprint density at radius 1 is 0.966 bits per heavy atom. The van der Waals surface area contributed by atoms with Gasteiger partial charge in [-0.25, -0.2) is 9.78 Å². The van der Waals surface area contributed by atoms with Crippen LogP contribution in [0.3, 0.4) is 0 Å². The Labute approximate surface area is 177 Å². The molecule has 0 aliphatic rings. The van der Waals surface area contributed by atoms with Crippen LogP contribution in [0.2, 0.25) is 0 Å². The van der Waals surface area contributed by atoms with E-state index in [2.05, 4.69) is 36.2 Å². The van der Waals surface area contributed by atoms with Gasteiger partial charge in [-0.05, 0) is 42.5 Å². The number of carbonyl (C=O) groups is 1. The van der Waals surface area contributed by atoms with Gasteiger partial charge < -0.3 is 4.74 Å². The van der Waals surface area contributed by atoms with Gasteiger partial charge in [-0.2, -0.15) is 0 Å². The first kappa shape index (κ1) is 21.0. The van der Waals surface area contributed by atoms with Crippen molar-refractivity contribution in [1.29, 1.82) is 0 Å². The number of aromatic nitrogens is 1. The largest absolute Gasteiger partial charge is 0.423 e. The molecule has 3 aromatic rings. The minimum Gasteiger partial charge on any atom is -0.423 e. The van der Waals surface area contributed by atoms with E-state index < -0.39 is 0 Å². The highest BCUT2D eigenvalue weighted by atomic mass is 32.1. The molecule has 3 rings (SSSR count). The Hall–Kier alpha value is -2.72. The molecule has 29 heavy (non-hydrogen) atoms. The van der Waals surface area contributed by atoms with E-state index in [0.29, 0.717) is 5.75 Å². The van der Waals surface area contributed by atoms with Gasteiger partial charge in [-0.3, -0.25) is 0 Å². The number of ether oxygens (including phenoxy) is 1. The van der Waals surface area contributed by atoms with Gasteiger partial charge in [-0.1, -0.05) is 69.2 Å². The molecule has 0 spiro atoms. The molecule has 0 saturated carbocycles. The van der Waals surface area contributed by atoms with Crippen LogP contribution in [0.4, 0.5) is 0 Å². The summed E-state index contributed by atoms with van der Waals surface area (Å²) in [5.41, 5.74) is 3.35. The highest BCUT2D eigenvalue weighted by Gasteiger charge is 2.06. The molecular weight excluding hydrogens is 378 g/mol. The zero-order valence-electron chi connectivity index (χ0n) is 17.1. The number of benzene rings is 2. The van der Waals surface area contributed by atoms with Crippen molar-refractivity contribution >= 4 is 17.3 Å². The van der Waals surface area contributed by atoms with E-state index in [9.17, 15) is 4.79 Å². The lowest BCUT2D eigenvalue weighted by Crippen LogP contribution is -2.03. The van der Waals surface area contributed by atoms with Gasteiger partial charge in [-0.15, -0.1) is 11.3 Å². The third-order valence-corrected chi connectivity index (χ3v) is 5.71. The molecular formula is C25H27NO2S. The predicted molar refractivity (Wildman–Crippen MR) is 121 cm³/mol. The minimum atomic E-state index is -0.346. The number of hydrogen-bond acceptors (Lipinski definition) is 4. The van der Waals surface area contributed by atoms with Crippen LogP contribution in [0.5, 0.6) is 5.75 Å². The Kier molecular flexibility index (Phi) is 7.77. The molecule has 0 atom stereocenters. The first-order valence-corrected chi connectivity index (χ1v) is 11.0. The summed E-state index contributed by atoms with van der Waals surface area (Å²) in [5, 5.41) is 1.07. The quantitative estimate of drug-likeness (QED) is 0.165. The molecule has 0 aliphatic carbocycles. The highest BCUT2D eigenvalue weighted by Crippen LogP contribution is 2.29. The van der Waals surface area contributed by atoms with Gasteiger partial charge in [0.15, 0.2) is 0 Å². The molecule has 0 N–H and O–H groups in total. The molecule has 0 fully saturated rings. The number of thiazole rings is 1. The van der Waals surface area contributed by atoms with Crippen molar-refractivity contribution in [3.8, 4) is 27.4 Å². The van der Waals surface area contributed by atoms with Crippen LogP contribution in [0.1, 0.15) is 44.4 Å². The second-order valence-corrected chi connectivity index (χ2v) is 8.04. The van der Waals surface area contributed by atoms with Crippen LogP contribution >= 0.6 is 11.3 Å². The maximum absolute atomic E-state index is 11.7. The summed E-state index contributed by atoms with van der Waals surface area (Å²) in [6.45, 7) is 4.20. The first-order valence-electron chi connectivity index (χ1n) is 10.2. The third kappa shape index (κ3) is 6.13. The molecule has 0 unspecified atom stereocenters. The number of hydrogen-bond donors (Lipinski definition) is 0. The van der Waals surface area contributed by atoms with Gasteiger partial charge in [0.1, 0.15) is 10.8 Å². The Balaban J connectivity index is 1.64. The zero-order valence-corrected chi connectivity index (χ0v) is 17.9. The number of allylic oxidation sites excluding steroid dienone is 1. The van der Waals surface area contributed by atoms with E-state index in [0.717, 1.165) is 34.5 Å². The summed E-state index contributed by atoms with van der Waals surface area (Å²) in [5.74, 6) is 0.205. The van der Waals surface area contributed by atoms with E-state index in [1.165, 1.54) is 30.2 Å². The monoisotopic (exact) mass is 405 g/mol. The lowest BCUT2D eigenvalue weighted by molar-refractivity contribution is -0.129. The smallest absolute Gasteiger partial charge is 0.335 e. The SMILES string of the molecule is CCC=CC(=O)Oc1ccc(-c2ccc(-c3ncc(CCCCC)s3)cc2)cc1. The summed E-state index contributed by atoms with van der Waals surface area (Å²) in [6.07, 6.45) is 10.9. The molecule has 1 heterocycles. The van der Waals surface area contributed by atoms with E-state index in [1.54, 1.807) is 17.4 Å². The molecule has 3 nitrogen and oxygen atoms in total. The lowest BCUT2D eigenvalue weighted by Gasteiger charge is -2.05. The summed E-state index contributed by atoms with van der Waals surface area (Å²) >= 11 is 1.79. The van der Waals surface area contributed by atoms with Gasteiger partial charge in [0.2, 0.25) is 0 Å². The normalized spacial score (nSPS) is 11.1. The van der Waals surface area contributed by atoms with Crippen molar-refractivity contribution in [3.63, 3.8) is 0 Å². The second-order valence-electron chi connectivity index (χ2n) is 6.92. The van der Waals surface area contributed by atoms with Gasteiger partial charge in [0, 0.05) is 22.7 Å². The van der Waals surface area contributed by atoms with Gasteiger partial charge in [0.25, 0.3) is 0 Å². The van der Waals surface area contributed by atoms with E-state index in [1.807, 2.05) is 37.4 Å². The Morgan fingerprint density at radius 2 is 1.62 bits per heavy atom. The van der Waals surface area contributed by atoms with Crippen LogP contribution in [-0.2, 0) is 11.2 Å².